The Kier molecular flexibility index (Phi) is 6.12. The number of nitrogens with zero attached hydrogens (tertiary/aromatic N) is 1. The molecule has 0 radical (unpaired) electrons. The SMILES string of the molecule is COC1(C(=O)Nc2ccc(-c3nccs3)cc2)CCNCC1.Cl. The number of rotatable bonds is 4. The Bertz CT molecular complexity index is 625. The molecule has 3 rings (SSSR count). The van der Waals surface area contributed by atoms with Crippen molar-refractivity contribution < 1.29 is 9.53 Å². The van der Waals surface area contributed by atoms with Crippen molar-refractivity contribution in [2.45, 2.75) is 18.4 Å². The highest BCUT2D eigenvalue weighted by Gasteiger charge is 2.39. The van der Waals surface area contributed by atoms with Crippen LogP contribution in [0.5, 0.6) is 0 Å². The first-order valence-electron chi connectivity index (χ1n) is 7.31. The molecule has 0 saturated carbocycles. The van der Waals surface area contributed by atoms with Gasteiger partial charge in [-0.2, -0.15) is 0 Å². The number of carbonyl (C=O) groups excluding carboxylic acids is 1. The van der Waals surface area contributed by atoms with Gasteiger partial charge in [0.05, 0.1) is 0 Å². The number of piperidine rings is 1. The molecule has 0 aliphatic carbocycles. The summed E-state index contributed by atoms with van der Waals surface area (Å²) >= 11 is 1.60. The highest BCUT2D eigenvalue weighted by molar-refractivity contribution is 7.13. The zero-order chi connectivity index (χ0) is 15.4. The van der Waals surface area contributed by atoms with Gasteiger partial charge < -0.3 is 15.4 Å². The molecule has 0 unspecified atom stereocenters. The Hall–Kier alpha value is -1.47. The van der Waals surface area contributed by atoms with Crippen LogP contribution < -0.4 is 10.6 Å². The van der Waals surface area contributed by atoms with Crippen LogP contribution in [0.25, 0.3) is 10.6 Å². The second-order valence-electron chi connectivity index (χ2n) is 5.32. The fraction of sp³-hybridized carbons (Fsp3) is 0.375. The Balaban J connectivity index is 0.00000192. The van der Waals surface area contributed by atoms with Crippen LogP contribution >= 0.6 is 23.7 Å². The molecule has 0 spiro atoms. The average Bonchev–Trinajstić information content (AvgIpc) is 3.10. The predicted molar refractivity (Wildman–Crippen MR) is 95.3 cm³/mol. The molecule has 0 atom stereocenters. The van der Waals surface area contributed by atoms with Crippen molar-refractivity contribution in [3.05, 3.63) is 35.8 Å². The van der Waals surface area contributed by atoms with Crippen molar-refractivity contribution in [2.75, 3.05) is 25.5 Å². The van der Waals surface area contributed by atoms with Gasteiger partial charge in [-0.3, -0.25) is 4.79 Å². The van der Waals surface area contributed by atoms with Gasteiger partial charge in [0.2, 0.25) is 0 Å². The van der Waals surface area contributed by atoms with Gasteiger partial charge >= 0.3 is 0 Å². The molecule has 7 heteroatoms. The first kappa shape index (κ1) is 17.9. The van der Waals surface area contributed by atoms with Gasteiger partial charge in [-0.1, -0.05) is 0 Å². The smallest absolute Gasteiger partial charge is 0.256 e. The third kappa shape index (κ3) is 3.90. The number of aromatic nitrogens is 1. The van der Waals surface area contributed by atoms with Crippen LogP contribution in [0, 0.1) is 0 Å². The number of ether oxygens (including phenoxy) is 1. The largest absolute Gasteiger partial charge is 0.368 e. The molecule has 1 aromatic heterocycles. The number of benzene rings is 1. The summed E-state index contributed by atoms with van der Waals surface area (Å²) in [6, 6.07) is 7.74. The van der Waals surface area contributed by atoms with Crippen LogP contribution in [0.3, 0.4) is 0 Å². The van der Waals surface area contributed by atoms with E-state index in [0.29, 0.717) is 12.8 Å². The number of nitrogens with one attached hydrogen (secondary N) is 2. The van der Waals surface area contributed by atoms with Gasteiger partial charge in [0.25, 0.3) is 5.91 Å². The molecule has 2 N–H and O–H groups in total. The zero-order valence-corrected chi connectivity index (χ0v) is 14.5. The minimum absolute atomic E-state index is 0. The third-order valence-electron chi connectivity index (χ3n) is 4.04. The maximum atomic E-state index is 12.6. The molecule has 1 aromatic carbocycles. The summed E-state index contributed by atoms with van der Waals surface area (Å²) in [7, 11) is 1.61. The average molecular weight is 354 g/mol. The lowest BCUT2D eigenvalue weighted by Crippen LogP contribution is -2.51. The second kappa shape index (κ2) is 7.88. The Labute approximate surface area is 145 Å². The molecule has 124 valence electrons. The number of carbonyl (C=O) groups is 1. The third-order valence-corrected chi connectivity index (χ3v) is 4.86. The molecule has 0 bridgehead atoms. The normalized spacial score (nSPS) is 16.4. The number of halogens is 1. The van der Waals surface area contributed by atoms with Gasteiger partial charge in [0.15, 0.2) is 0 Å². The molecule has 1 aliphatic heterocycles. The monoisotopic (exact) mass is 353 g/mol. The molecule has 2 aromatic rings. The van der Waals surface area contributed by atoms with E-state index >= 15 is 0 Å². The summed E-state index contributed by atoms with van der Waals surface area (Å²) in [5, 5.41) is 9.14. The molecule has 1 fully saturated rings. The molecule has 1 saturated heterocycles. The van der Waals surface area contributed by atoms with E-state index in [2.05, 4.69) is 15.6 Å². The summed E-state index contributed by atoms with van der Waals surface area (Å²) in [6.07, 6.45) is 3.16. The van der Waals surface area contributed by atoms with Crippen molar-refractivity contribution in [2.24, 2.45) is 0 Å². The second-order valence-corrected chi connectivity index (χ2v) is 6.21. The van der Waals surface area contributed by atoms with E-state index in [0.717, 1.165) is 29.3 Å². The molecule has 1 aliphatic rings. The molecule has 23 heavy (non-hydrogen) atoms. The summed E-state index contributed by atoms with van der Waals surface area (Å²) in [5.41, 5.74) is 1.11. The van der Waals surface area contributed by atoms with E-state index in [1.165, 1.54) is 0 Å². The van der Waals surface area contributed by atoms with E-state index in [9.17, 15) is 4.79 Å². The number of hydrogen-bond acceptors (Lipinski definition) is 5. The number of methoxy groups -OCH3 is 1. The van der Waals surface area contributed by atoms with Crippen LogP contribution in [-0.2, 0) is 9.53 Å². The molecule has 1 amide bonds. The number of hydrogen-bond donors (Lipinski definition) is 2. The first-order valence-corrected chi connectivity index (χ1v) is 8.19. The first-order chi connectivity index (χ1) is 10.7. The Morgan fingerprint density at radius 3 is 2.57 bits per heavy atom. The lowest BCUT2D eigenvalue weighted by Gasteiger charge is -2.34. The van der Waals surface area contributed by atoms with E-state index in [1.54, 1.807) is 24.6 Å². The minimum atomic E-state index is -0.723. The van der Waals surface area contributed by atoms with Crippen molar-refractivity contribution in [1.82, 2.24) is 10.3 Å². The highest BCUT2D eigenvalue weighted by atomic mass is 35.5. The fourth-order valence-corrected chi connectivity index (χ4v) is 3.31. The van der Waals surface area contributed by atoms with Gasteiger partial charge in [-0.25, -0.2) is 4.98 Å². The van der Waals surface area contributed by atoms with E-state index in [1.807, 2.05) is 29.6 Å². The minimum Gasteiger partial charge on any atom is -0.368 e. The van der Waals surface area contributed by atoms with E-state index in [-0.39, 0.29) is 18.3 Å². The lowest BCUT2D eigenvalue weighted by atomic mass is 9.91. The maximum Gasteiger partial charge on any atom is 0.256 e. The van der Waals surface area contributed by atoms with Crippen molar-refractivity contribution in [1.29, 1.82) is 0 Å². The van der Waals surface area contributed by atoms with Crippen LogP contribution in [0.1, 0.15) is 12.8 Å². The van der Waals surface area contributed by atoms with Gasteiger partial charge in [-0.05, 0) is 50.2 Å². The number of amides is 1. The van der Waals surface area contributed by atoms with Crippen molar-refractivity contribution in [3.8, 4) is 10.6 Å². The van der Waals surface area contributed by atoms with Crippen LogP contribution in [0.2, 0.25) is 0 Å². The van der Waals surface area contributed by atoms with E-state index in [4.69, 9.17) is 4.74 Å². The number of anilines is 1. The maximum absolute atomic E-state index is 12.6. The molecule has 5 nitrogen and oxygen atoms in total. The van der Waals surface area contributed by atoms with Gasteiger partial charge in [0, 0.05) is 29.9 Å². The predicted octanol–water partition coefficient (Wildman–Crippen LogP) is 2.94. The molecule has 2 heterocycles. The highest BCUT2D eigenvalue weighted by Crippen LogP contribution is 2.26. The topological polar surface area (TPSA) is 63.2 Å². The summed E-state index contributed by atoms with van der Waals surface area (Å²) in [6.45, 7) is 1.59. The van der Waals surface area contributed by atoms with Crippen LogP contribution in [0.15, 0.2) is 35.8 Å². The van der Waals surface area contributed by atoms with Crippen molar-refractivity contribution in [3.63, 3.8) is 0 Å². The fourth-order valence-electron chi connectivity index (χ4n) is 2.66. The van der Waals surface area contributed by atoms with Crippen molar-refractivity contribution >= 4 is 35.3 Å². The quantitative estimate of drug-likeness (QED) is 0.887. The van der Waals surface area contributed by atoms with Crippen LogP contribution in [0.4, 0.5) is 5.69 Å². The standard InChI is InChI=1S/C16H19N3O2S.ClH/c1-21-16(6-8-17-9-7-16)15(20)19-13-4-2-12(3-5-13)14-18-10-11-22-14;/h2-5,10-11,17H,6-9H2,1H3,(H,19,20);1H. The zero-order valence-electron chi connectivity index (χ0n) is 12.9. The number of thiazole rings is 1. The summed E-state index contributed by atoms with van der Waals surface area (Å²) in [4.78, 5) is 16.8. The lowest BCUT2D eigenvalue weighted by molar-refractivity contribution is -0.140. The van der Waals surface area contributed by atoms with Crippen LogP contribution in [-0.4, -0.2) is 36.7 Å². The molecular weight excluding hydrogens is 334 g/mol. The summed E-state index contributed by atoms with van der Waals surface area (Å²) < 4.78 is 5.54. The Morgan fingerprint density at radius 1 is 1.30 bits per heavy atom. The molecular formula is C16H20ClN3O2S. The van der Waals surface area contributed by atoms with E-state index < -0.39 is 5.60 Å². The Morgan fingerprint density at radius 2 is 2.00 bits per heavy atom. The van der Waals surface area contributed by atoms with Gasteiger partial charge in [-0.15, -0.1) is 23.7 Å². The summed E-state index contributed by atoms with van der Waals surface area (Å²) in [5.74, 6) is -0.0708. The van der Waals surface area contributed by atoms with Gasteiger partial charge in [0.1, 0.15) is 10.6 Å².